The summed E-state index contributed by atoms with van der Waals surface area (Å²) < 4.78 is 15.9. The van der Waals surface area contributed by atoms with Gasteiger partial charge in [-0.2, -0.15) is 0 Å². The van der Waals surface area contributed by atoms with Crippen molar-refractivity contribution in [2.75, 3.05) is 39.8 Å². The molecule has 0 bridgehead atoms. The van der Waals surface area contributed by atoms with E-state index in [0.29, 0.717) is 13.2 Å². The van der Waals surface area contributed by atoms with Gasteiger partial charge in [0.2, 0.25) is 0 Å². The minimum atomic E-state index is 0.236. The number of methoxy groups -OCH3 is 3. The Bertz CT molecular complexity index is 410. The maximum Gasteiger partial charge on any atom is 0.162 e. The number of hydrogen-bond donors (Lipinski definition) is 2. The Morgan fingerprint density at radius 1 is 1.15 bits per heavy atom. The molecule has 1 unspecified atom stereocenters. The van der Waals surface area contributed by atoms with Gasteiger partial charge in [0.15, 0.2) is 11.5 Å². The number of nitrogens with two attached hydrogens (primary N) is 1. The van der Waals surface area contributed by atoms with E-state index in [1.54, 1.807) is 21.3 Å². The SMILES string of the molecule is COCC(CCCN)Nc1cc(OC)c(OC)cc1C. The second kappa shape index (κ2) is 8.66. The first-order valence-corrected chi connectivity index (χ1v) is 6.84. The lowest BCUT2D eigenvalue weighted by molar-refractivity contribution is 0.182. The van der Waals surface area contributed by atoms with Crippen LogP contribution in [-0.2, 0) is 4.74 Å². The van der Waals surface area contributed by atoms with Crippen LogP contribution in [0.2, 0.25) is 0 Å². The van der Waals surface area contributed by atoms with E-state index in [4.69, 9.17) is 19.9 Å². The smallest absolute Gasteiger partial charge is 0.162 e. The quantitative estimate of drug-likeness (QED) is 0.726. The topological polar surface area (TPSA) is 65.7 Å². The first-order chi connectivity index (χ1) is 9.65. The number of aryl methyl sites for hydroxylation is 1. The molecule has 1 aromatic carbocycles. The summed E-state index contributed by atoms with van der Waals surface area (Å²) >= 11 is 0. The van der Waals surface area contributed by atoms with Gasteiger partial charge in [-0.25, -0.2) is 0 Å². The van der Waals surface area contributed by atoms with Gasteiger partial charge >= 0.3 is 0 Å². The van der Waals surface area contributed by atoms with Gasteiger partial charge in [0.1, 0.15) is 0 Å². The van der Waals surface area contributed by atoms with E-state index in [2.05, 4.69) is 5.32 Å². The number of nitrogens with one attached hydrogen (secondary N) is 1. The molecule has 0 saturated heterocycles. The van der Waals surface area contributed by atoms with E-state index in [0.717, 1.165) is 35.6 Å². The fourth-order valence-electron chi connectivity index (χ4n) is 2.12. The molecule has 1 aromatic rings. The molecule has 0 aliphatic rings. The first-order valence-electron chi connectivity index (χ1n) is 6.84. The fraction of sp³-hybridized carbons (Fsp3) is 0.600. The highest BCUT2D eigenvalue weighted by Crippen LogP contribution is 2.33. The average Bonchev–Trinajstić information content (AvgIpc) is 2.46. The summed E-state index contributed by atoms with van der Waals surface area (Å²) in [6.07, 6.45) is 1.94. The third-order valence-corrected chi connectivity index (χ3v) is 3.21. The Kier molecular flexibility index (Phi) is 7.18. The van der Waals surface area contributed by atoms with Gasteiger partial charge in [-0.15, -0.1) is 0 Å². The highest BCUT2D eigenvalue weighted by molar-refractivity contribution is 5.60. The predicted molar refractivity (Wildman–Crippen MR) is 81.9 cm³/mol. The molecule has 0 spiro atoms. The summed E-state index contributed by atoms with van der Waals surface area (Å²) in [4.78, 5) is 0. The Hall–Kier alpha value is -1.46. The van der Waals surface area contributed by atoms with Crippen molar-refractivity contribution in [3.8, 4) is 11.5 Å². The van der Waals surface area contributed by atoms with Crippen LogP contribution in [0.25, 0.3) is 0 Å². The summed E-state index contributed by atoms with van der Waals surface area (Å²) in [5.74, 6) is 1.45. The Morgan fingerprint density at radius 3 is 2.35 bits per heavy atom. The number of anilines is 1. The molecule has 0 amide bonds. The van der Waals surface area contributed by atoms with Crippen LogP contribution in [0.15, 0.2) is 12.1 Å². The molecule has 0 saturated carbocycles. The summed E-state index contributed by atoms with van der Waals surface area (Å²) in [5.41, 5.74) is 7.71. The van der Waals surface area contributed by atoms with Crippen LogP contribution >= 0.6 is 0 Å². The van der Waals surface area contributed by atoms with Gasteiger partial charge in [-0.3, -0.25) is 0 Å². The molecule has 0 radical (unpaired) electrons. The molecule has 0 aromatic heterocycles. The van der Waals surface area contributed by atoms with E-state index in [9.17, 15) is 0 Å². The molecule has 20 heavy (non-hydrogen) atoms. The first kappa shape index (κ1) is 16.6. The summed E-state index contributed by atoms with van der Waals surface area (Å²) in [6.45, 7) is 3.37. The summed E-state index contributed by atoms with van der Waals surface area (Å²) in [5, 5.41) is 3.49. The van der Waals surface area contributed by atoms with Crippen molar-refractivity contribution in [2.45, 2.75) is 25.8 Å². The minimum Gasteiger partial charge on any atom is -0.493 e. The zero-order valence-corrected chi connectivity index (χ0v) is 12.9. The number of ether oxygens (including phenoxy) is 3. The van der Waals surface area contributed by atoms with E-state index < -0.39 is 0 Å². The highest BCUT2D eigenvalue weighted by Gasteiger charge is 2.13. The second-order valence-electron chi connectivity index (χ2n) is 4.75. The van der Waals surface area contributed by atoms with Crippen LogP contribution in [0.5, 0.6) is 11.5 Å². The second-order valence-corrected chi connectivity index (χ2v) is 4.75. The van der Waals surface area contributed by atoms with Gasteiger partial charge in [0.25, 0.3) is 0 Å². The Labute approximate surface area is 121 Å². The molecule has 1 atom stereocenters. The average molecular weight is 282 g/mol. The lowest BCUT2D eigenvalue weighted by Crippen LogP contribution is -2.26. The lowest BCUT2D eigenvalue weighted by atomic mass is 10.1. The minimum absolute atomic E-state index is 0.236. The largest absolute Gasteiger partial charge is 0.493 e. The molecule has 0 aliphatic carbocycles. The number of benzene rings is 1. The zero-order chi connectivity index (χ0) is 15.0. The normalized spacial score (nSPS) is 12.1. The number of hydrogen-bond acceptors (Lipinski definition) is 5. The third-order valence-electron chi connectivity index (χ3n) is 3.21. The van der Waals surface area contributed by atoms with Crippen molar-refractivity contribution >= 4 is 5.69 Å². The van der Waals surface area contributed by atoms with Crippen molar-refractivity contribution in [2.24, 2.45) is 5.73 Å². The van der Waals surface area contributed by atoms with Crippen LogP contribution in [-0.4, -0.2) is 40.5 Å². The van der Waals surface area contributed by atoms with Gasteiger partial charge < -0.3 is 25.3 Å². The van der Waals surface area contributed by atoms with E-state index in [-0.39, 0.29) is 6.04 Å². The standard InChI is InChI=1S/C15H26N2O3/c1-11-8-14(19-3)15(20-4)9-13(11)17-12(10-18-2)6-5-7-16/h8-9,12,17H,5-7,10,16H2,1-4H3. The van der Waals surface area contributed by atoms with Crippen LogP contribution in [0.3, 0.4) is 0 Å². The predicted octanol–water partition coefficient (Wildman–Crippen LogP) is 2.18. The van der Waals surface area contributed by atoms with Crippen molar-refractivity contribution < 1.29 is 14.2 Å². The highest BCUT2D eigenvalue weighted by atomic mass is 16.5. The molecule has 114 valence electrons. The lowest BCUT2D eigenvalue weighted by Gasteiger charge is -2.21. The van der Waals surface area contributed by atoms with E-state index >= 15 is 0 Å². The molecule has 5 heteroatoms. The fourth-order valence-corrected chi connectivity index (χ4v) is 2.12. The maximum atomic E-state index is 5.57. The van der Waals surface area contributed by atoms with Crippen LogP contribution in [0, 0.1) is 6.92 Å². The van der Waals surface area contributed by atoms with Crippen LogP contribution in [0.4, 0.5) is 5.69 Å². The Balaban J connectivity index is 2.88. The number of rotatable bonds is 9. The van der Waals surface area contributed by atoms with Crippen LogP contribution in [0.1, 0.15) is 18.4 Å². The molecule has 3 N–H and O–H groups in total. The molecular weight excluding hydrogens is 256 g/mol. The molecule has 5 nitrogen and oxygen atoms in total. The van der Waals surface area contributed by atoms with Gasteiger partial charge in [0.05, 0.1) is 20.8 Å². The van der Waals surface area contributed by atoms with Crippen molar-refractivity contribution in [1.82, 2.24) is 0 Å². The molecule has 0 aliphatic heterocycles. The van der Waals surface area contributed by atoms with Gasteiger partial charge in [-0.1, -0.05) is 0 Å². The van der Waals surface area contributed by atoms with Crippen LogP contribution < -0.4 is 20.5 Å². The third kappa shape index (κ3) is 4.58. The molecular formula is C15H26N2O3. The molecule has 0 fully saturated rings. The maximum absolute atomic E-state index is 5.57. The Morgan fingerprint density at radius 2 is 1.80 bits per heavy atom. The van der Waals surface area contributed by atoms with E-state index in [1.807, 2.05) is 19.1 Å². The van der Waals surface area contributed by atoms with Crippen molar-refractivity contribution in [3.63, 3.8) is 0 Å². The van der Waals surface area contributed by atoms with Crippen molar-refractivity contribution in [3.05, 3.63) is 17.7 Å². The van der Waals surface area contributed by atoms with Gasteiger partial charge in [-0.05, 0) is 37.9 Å². The summed E-state index contributed by atoms with van der Waals surface area (Å²) in [7, 11) is 4.98. The van der Waals surface area contributed by atoms with E-state index in [1.165, 1.54) is 0 Å². The van der Waals surface area contributed by atoms with Gasteiger partial charge in [0, 0.05) is 24.9 Å². The molecule has 1 rings (SSSR count). The van der Waals surface area contributed by atoms with Crippen molar-refractivity contribution in [1.29, 1.82) is 0 Å². The monoisotopic (exact) mass is 282 g/mol. The zero-order valence-electron chi connectivity index (χ0n) is 12.9. The molecule has 0 heterocycles. The summed E-state index contributed by atoms with van der Waals surface area (Å²) in [6, 6.07) is 4.16.